The standard InChI is InChI=1S/C39H28BN3O/c1-39(2)42(26-16-7-4-8-17-26)31-22-13-20-29-37(31)43(39)32-24-34-35(27-18-9-12-23-33(27)44-34)38-36(32)40(29)28-19-10-11-21-30(28)41(38)25-14-5-3-6-15-25/h3-24H,1-2H3. The number of nitrogens with zero attached hydrogens (tertiary/aromatic N) is 3. The zero-order chi connectivity index (χ0) is 29.2. The lowest BCUT2D eigenvalue weighted by Crippen LogP contribution is -2.63. The summed E-state index contributed by atoms with van der Waals surface area (Å²) in [6.07, 6.45) is 0. The topological polar surface area (TPSA) is 22.9 Å². The van der Waals surface area contributed by atoms with Gasteiger partial charge in [0.1, 0.15) is 16.8 Å². The highest BCUT2D eigenvalue weighted by atomic mass is 16.3. The highest BCUT2D eigenvalue weighted by Crippen LogP contribution is 2.56. The van der Waals surface area contributed by atoms with Gasteiger partial charge in [-0.05, 0) is 72.7 Å². The monoisotopic (exact) mass is 565 g/mol. The minimum Gasteiger partial charge on any atom is -0.456 e. The number of para-hydroxylation sites is 5. The molecule has 4 nitrogen and oxygen atoms in total. The normalized spacial score (nSPS) is 15.5. The van der Waals surface area contributed by atoms with Crippen molar-refractivity contribution in [3.05, 3.63) is 133 Å². The quantitative estimate of drug-likeness (QED) is 0.197. The van der Waals surface area contributed by atoms with E-state index >= 15 is 0 Å². The molecular weight excluding hydrogens is 537 g/mol. The molecule has 0 saturated heterocycles. The first-order chi connectivity index (χ1) is 21.6. The SMILES string of the molecule is CC1(C)N(c2ccccc2)c2cccc3c2N1c1cc2oc4ccccc4c2c2c1B3c1ccccc1N2c1ccccc1. The number of benzene rings is 6. The molecule has 0 fully saturated rings. The Morgan fingerprint density at radius 2 is 1.20 bits per heavy atom. The molecule has 208 valence electrons. The van der Waals surface area contributed by atoms with E-state index in [-0.39, 0.29) is 12.4 Å². The van der Waals surface area contributed by atoms with Crippen molar-refractivity contribution in [2.45, 2.75) is 19.5 Å². The second kappa shape index (κ2) is 8.36. The Morgan fingerprint density at radius 3 is 2.02 bits per heavy atom. The Labute approximate surface area is 256 Å². The number of anilines is 7. The van der Waals surface area contributed by atoms with Crippen LogP contribution in [0.3, 0.4) is 0 Å². The Balaban J connectivity index is 1.39. The molecule has 0 amide bonds. The van der Waals surface area contributed by atoms with Crippen LogP contribution in [0, 0.1) is 0 Å². The van der Waals surface area contributed by atoms with Gasteiger partial charge in [0.15, 0.2) is 0 Å². The molecule has 0 saturated carbocycles. The van der Waals surface area contributed by atoms with Gasteiger partial charge in [-0.3, -0.25) is 0 Å². The van der Waals surface area contributed by atoms with Crippen molar-refractivity contribution in [2.24, 2.45) is 0 Å². The lowest BCUT2D eigenvalue weighted by Gasteiger charge is -2.47. The molecule has 4 heterocycles. The first-order valence-corrected chi connectivity index (χ1v) is 15.3. The Morgan fingerprint density at radius 1 is 0.545 bits per heavy atom. The third-order valence-electron chi connectivity index (χ3n) is 9.84. The van der Waals surface area contributed by atoms with E-state index < -0.39 is 0 Å². The summed E-state index contributed by atoms with van der Waals surface area (Å²) < 4.78 is 6.70. The van der Waals surface area contributed by atoms with Crippen LogP contribution >= 0.6 is 0 Å². The Bertz CT molecular complexity index is 2290. The van der Waals surface area contributed by atoms with E-state index in [9.17, 15) is 0 Å². The highest BCUT2D eigenvalue weighted by Gasteiger charge is 2.53. The molecule has 0 spiro atoms. The lowest BCUT2D eigenvalue weighted by molar-refractivity contribution is 0.540. The summed E-state index contributed by atoms with van der Waals surface area (Å²) in [6, 6.07) is 48.2. The summed E-state index contributed by atoms with van der Waals surface area (Å²) in [4.78, 5) is 7.55. The fraction of sp³-hybridized carbons (Fsp3) is 0.0769. The fourth-order valence-corrected chi connectivity index (χ4v) is 8.27. The van der Waals surface area contributed by atoms with E-state index in [1.165, 1.54) is 55.9 Å². The van der Waals surface area contributed by atoms with Gasteiger partial charge in [0.2, 0.25) is 0 Å². The minimum absolute atomic E-state index is 0.0759. The van der Waals surface area contributed by atoms with E-state index in [2.05, 4.69) is 162 Å². The summed E-state index contributed by atoms with van der Waals surface area (Å²) in [6.45, 7) is 4.75. The van der Waals surface area contributed by atoms with E-state index in [4.69, 9.17) is 4.42 Å². The second-order valence-corrected chi connectivity index (χ2v) is 12.5. The van der Waals surface area contributed by atoms with Gasteiger partial charge in [-0.25, -0.2) is 0 Å². The summed E-state index contributed by atoms with van der Waals surface area (Å²) in [5.41, 5.74) is 13.9. The molecule has 1 aromatic heterocycles. The van der Waals surface area contributed by atoms with Crippen molar-refractivity contribution in [3.8, 4) is 0 Å². The van der Waals surface area contributed by atoms with E-state index in [1.807, 2.05) is 0 Å². The molecule has 3 aliphatic rings. The highest BCUT2D eigenvalue weighted by molar-refractivity contribution is 7.00. The fourth-order valence-electron chi connectivity index (χ4n) is 8.27. The molecule has 0 N–H and O–H groups in total. The molecule has 10 rings (SSSR count). The van der Waals surface area contributed by atoms with Crippen molar-refractivity contribution < 1.29 is 4.42 Å². The van der Waals surface area contributed by atoms with Crippen LogP contribution in [0.4, 0.5) is 39.8 Å². The van der Waals surface area contributed by atoms with Gasteiger partial charge in [0.05, 0.1) is 22.4 Å². The van der Waals surface area contributed by atoms with Gasteiger partial charge < -0.3 is 19.1 Å². The van der Waals surface area contributed by atoms with Gasteiger partial charge in [-0.15, -0.1) is 0 Å². The predicted molar refractivity (Wildman–Crippen MR) is 184 cm³/mol. The molecule has 0 radical (unpaired) electrons. The molecule has 44 heavy (non-hydrogen) atoms. The molecule has 0 atom stereocenters. The van der Waals surface area contributed by atoms with Gasteiger partial charge in [-0.2, -0.15) is 0 Å². The van der Waals surface area contributed by atoms with Crippen molar-refractivity contribution in [1.82, 2.24) is 0 Å². The molecule has 5 heteroatoms. The average Bonchev–Trinajstić information content (AvgIpc) is 3.55. The lowest BCUT2D eigenvalue weighted by atomic mass is 9.33. The van der Waals surface area contributed by atoms with Gasteiger partial charge in [-0.1, -0.05) is 84.9 Å². The number of rotatable bonds is 2. The van der Waals surface area contributed by atoms with Crippen LogP contribution in [0.2, 0.25) is 0 Å². The second-order valence-electron chi connectivity index (χ2n) is 12.5. The predicted octanol–water partition coefficient (Wildman–Crippen LogP) is 8.22. The average molecular weight is 565 g/mol. The molecule has 0 aliphatic carbocycles. The van der Waals surface area contributed by atoms with Crippen molar-refractivity contribution >= 4 is 84.9 Å². The maximum atomic E-state index is 6.70. The molecule has 7 aromatic rings. The van der Waals surface area contributed by atoms with E-state index in [0.717, 1.165) is 22.2 Å². The van der Waals surface area contributed by atoms with Crippen molar-refractivity contribution in [1.29, 1.82) is 0 Å². The molecular formula is C39H28BN3O. The maximum absolute atomic E-state index is 6.70. The third kappa shape index (κ3) is 2.89. The van der Waals surface area contributed by atoms with Gasteiger partial charge >= 0.3 is 0 Å². The zero-order valence-electron chi connectivity index (χ0n) is 24.5. The number of furan rings is 1. The third-order valence-corrected chi connectivity index (χ3v) is 9.84. The molecule has 0 unspecified atom stereocenters. The minimum atomic E-state index is -0.382. The number of fused-ring (bicyclic) bond motifs is 8. The number of hydrogen-bond acceptors (Lipinski definition) is 4. The Hall–Kier alpha value is -5.42. The molecule has 3 aliphatic heterocycles. The van der Waals surface area contributed by atoms with Crippen LogP contribution in [0.15, 0.2) is 138 Å². The van der Waals surface area contributed by atoms with Crippen molar-refractivity contribution in [3.63, 3.8) is 0 Å². The smallest absolute Gasteiger partial charge is 0.252 e. The summed E-state index contributed by atoms with van der Waals surface area (Å²) in [7, 11) is 0. The first kappa shape index (κ1) is 24.1. The van der Waals surface area contributed by atoms with Crippen LogP contribution < -0.4 is 31.1 Å². The van der Waals surface area contributed by atoms with Crippen LogP contribution in [0.1, 0.15) is 13.8 Å². The number of hydrogen-bond donors (Lipinski definition) is 0. The molecule has 0 bridgehead atoms. The Kier molecular flexibility index (Phi) is 4.57. The summed E-state index contributed by atoms with van der Waals surface area (Å²) in [5.74, 6) is 0. The largest absolute Gasteiger partial charge is 0.456 e. The van der Waals surface area contributed by atoms with E-state index in [1.54, 1.807) is 0 Å². The van der Waals surface area contributed by atoms with Crippen LogP contribution in [-0.2, 0) is 0 Å². The van der Waals surface area contributed by atoms with Crippen molar-refractivity contribution in [2.75, 3.05) is 14.7 Å². The summed E-state index contributed by atoms with van der Waals surface area (Å²) in [5, 5.41) is 2.31. The van der Waals surface area contributed by atoms with Crippen LogP contribution in [0.5, 0.6) is 0 Å². The van der Waals surface area contributed by atoms with Crippen LogP contribution in [0.25, 0.3) is 21.9 Å². The first-order valence-electron chi connectivity index (χ1n) is 15.3. The van der Waals surface area contributed by atoms with Gasteiger partial charge in [0, 0.05) is 34.2 Å². The van der Waals surface area contributed by atoms with Crippen LogP contribution in [-0.4, -0.2) is 12.4 Å². The van der Waals surface area contributed by atoms with Gasteiger partial charge in [0.25, 0.3) is 6.71 Å². The molecule has 6 aromatic carbocycles. The zero-order valence-corrected chi connectivity index (χ0v) is 24.5. The maximum Gasteiger partial charge on any atom is 0.252 e. The summed E-state index contributed by atoms with van der Waals surface area (Å²) >= 11 is 0. The van der Waals surface area contributed by atoms with E-state index in [0.29, 0.717) is 0 Å².